The summed E-state index contributed by atoms with van der Waals surface area (Å²) in [5.41, 5.74) is 2.38. The minimum atomic E-state index is 0.471. The van der Waals surface area contributed by atoms with Crippen molar-refractivity contribution in [2.45, 2.75) is 59.0 Å². The lowest BCUT2D eigenvalue weighted by atomic mass is 10.0. The molecule has 0 saturated heterocycles. The Balaban J connectivity index is 2.91. The van der Waals surface area contributed by atoms with E-state index in [1.165, 1.54) is 18.5 Å². The highest BCUT2D eigenvalue weighted by Crippen LogP contribution is 2.21. The summed E-state index contributed by atoms with van der Waals surface area (Å²) in [6.45, 7) is 8.67. The molecule has 2 atom stereocenters. The summed E-state index contributed by atoms with van der Waals surface area (Å²) in [6, 6.07) is 3.15. The number of likely N-dealkylation sites (N-methyl/N-ethyl adjacent to an activating group) is 1. The smallest absolute Gasteiger partial charge is 0.0672 e. The number of aromatic nitrogens is 2. The molecule has 3 heteroatoms. The molecule has 0 fully saturated rings. The monoisotopic (exact) mass is 223 g/mol. The topological polar surface area (TPSA) is 29.9 Å². The van der Waals surface area contributed by atoms with Crippen LogP contribution >= 0.6 is 0 Å². The highest BCUT2D eigenvalue weighted by atomic mass is 15.3. The molecule has 1 heterocycles. The predicted octanol–water partition coefficient (Wildman–Crippen LogP) is 2.84. The summed E-state index contributed by atoms with van der Waals surface area (Å²) in [4.78, 5) is 0. The number of hydrogen-bond acceptors (Lipinski definition) is 2. The third-order valence-corrected chi connectivity index (χ3v) is 3.21. The maximum Gasteiger partial charge on any atom is 0.0672 e. The quantitative estimate of drug-likeness (QED) is 0.803. The molecule has 0 aromatic carbocycles. The van der Waals surface area contributed by atoms with Gasteiger partial charge in [0.05, 0.1) is 11.7 Å². The van der Waals surface area contributed by atoms with Gasteiger partial charge in [-0.3, -0.25) is 4.68 Å². The molecule has 0 aliphatic rings. The summed E-state index contributed by atoms with van der Waals surface area (Å²) >= 11 is 0. The molecule has 0 bridgehead atoms. The molecule has 0 saturated carbocycles. The molecule has 3 nitrogen and oxygen atoms in total. The van der Waals surface area contributed by atoms with Gasteiger partial charge < -0.3 is 5.32 Å². The van der Waals surface area contributed by atoms with Crippen molar-refractivity contribution in [3.8, 4) is 0 Å². The van der Waals surface area contributed by atoms with E-state index in [1.807, 2.05) is 0 Å². The van der Waals surface area contributed by atoms with Crippen molar-refractivity contribution in [2.24, 2.45) is 0 Å². The number of nitrogens with zero attached hydrogens (tertiary/aromatic N) is 2. The van der Waals surface area contributed by atoms with Crippen LogP contribution in [-0.4, -0.2) is 22.9 Å². The van der Waals surface area contributed by atoms with Crippen LogP contribution in [0.5, 0.6) is 0 Å². The van der Waals surface area contributed by atoms with Gasteiger partial charge in [0.1, 0.15) is 0 Å². The molecule has 16 heavy (non-hydrogen) atoms. The van der Waals surface area contributed by atoms with Crippen molar-refractivity contribution in [1.29, 1.82) is 0 Å². The van der Waals surface area contributed by atoms with Gasteiger partial charge in [-0.1, -0.05) is 20.3 Å². The van der Waals surface area contributed by atoms with Gasteiger partial charge >= 0.3 is 0 Å². The van der Waals surface area contributed by atoms with E-state index in [1.54, 1.807) is 0 Å². The lowest BCUT2D eigenvalue weighted by Gasteiger charge is -2.27. The van der Waals surface area contributed by atoms with Crippen molar-refractivity contribution in [1.82, 2.24) is 15.1 Å². The van der Waals surface area contributed by atoms with Crippen LogP contribution in [-0.2, 0) is 0 Å². The normalized spacial score (nSPS) is 15.1. The number of hydrogen-bond donors (Lipinski definition) is 1. The van der Waals surface area contributed by atoms with Crippen molar-refractivity contribution < 1.29 is 0 Å². The Morgan fingerprint density at radius 1 is 1.38 bits per heavy atom. The first kappa shape index (κ1) is 13.2. The Labute approximate surface area is 99.2 Å². The van der Waals surface area contributed by atoms with E-state index in [-0.39, 0.29) is 0 Å². The summed E-state index contributed by atoms with van der Waals surface area (Å²) < 4.78 is 2.19. The third-order valence-electron chi connectivity index (χ3n) is 3.21. The SMILES string of the molecule is CCCC(NC)C(CC)n1nc(C)cc1C. The zero-order valence-corrected chi connectivity index (χ0v) is 11.2. The summed E-state index contributed by atoms with van der Waals surface area (Å²) in [6.07, 6.45) is 3.53. The van der Waals surface area contributed by atoms with Crippen molar-refractivity contribution in [3.05, 3.63) is 17.5 Å². The van der Waals surface area contributed by atoms with Crippen LogP contribution in [0.3, 0.4) is 0 Å². The van der Waals surface area contributed by atoms with Crippen LogP contribution in [0, 0.1) is 13.8 Å². The second-order valence-electron chi connectivity index (χ2n) is 4.53. The van der Waals surface area contributed by atoms with Crippen LogP contribution in [0.25, 0.3) is 0 Å². The minimum absolute atomic E-state index is 0.471. The van der Waals surface area contributed by atoms with Gasteiger partial charge in [-0.05, 0) is 39.8 Å². The lowest BCUT2D eigenvalue weighted by Crippen LogP contribution is -2.35. The van der Waals surface area contributed by atoms with Crippen LogP contribution < -0.4 is 5.32 Å². The van der Waals surface area contributed by atoms with Gasteiger partial charge in [0.15, 0.2) is 0 Å². The first-order chi connectivity index (χ1) is 7.63. The molecule has 0 radical (unpaired) electrons. The zero-order valence-electron chi connectivity index (χ0n) is 11.2. The number of rotatable bonds is 6. The molecule has 0 aliphatic heterocycles. The second kappa shape index (κ2) is 6.04. The van der Waals surface area contributed by atoms with Crippen molar-refractivity contribution in [3.63, 3.8) is 0 Å². The standard InChI is InChI=1S/C13H25N3/c1-6-8-12(14-5)13(7-2)16-11(4)9-10(3)15-16/h9,12-14H,6-8H2,1-5H3. The average molecular weight is 223 g/mol. The Morgan fingerprint density at radius 2 is 2.06 bits per heavy atom. The van der Waals surface area contributed by atoms with E-state index >= 15 is 0 Å². The van der Waals surface area contributed by atoms with E-state index in [2.05, 4.69) is 55.9 Å². The molecular formula is C13H25N3. The van der Waals surface area contributed by atoms with Gasteiger partial charge in [-0.15, -0.1) is 0 Å². The van der Waals surface area contributed by atoms with Gasteiger partial charge in [0.25, 0.3) is 0 Å². The minimum Gasteiger partial charge on any atom is -0.315 e. The Bertz CT molecular complexity index is 317. The molecule has 1 aromatic heterocycles. The Kier molecular flexibility index (Phi) is 5.00. The van der Waals surface area contributed by atoms with Gasteiger partial charge in [0, 0.05) is 11.7 Å². The first-order valence-electron chi connectivity index (χ1n) is 6.34. The summed E-state index contributed by atoms with van der Waals surface area (Å²) in [5, 5.41) is 8.04. The van der Waals surface area contributed by atoms with E-state index in [0.717, 1.165) is 12.1 Å². The average Bonchev–Trinajstić information content (AvgIpc) is 2.58. The van der Waals surface area contributed by atoms with E-state index in [0.29, 0.717) is 12.1 Å². The largest absolute Gasteiger partial charge is 0.315 e. The fourth-order valence-corrected chi connectivity index (χ4v) is 2.45. The molecule has 1 rings (SSSR count). The second-order valence-corrected chi connectivity index (χ2v) is 4.53. The molecule has 0 spiro atoms. The molecule has 0 amide bonds. The van der Waals surface area contributed by atoms with Crippen molar-refractivity contribution >= 4 is 0 Å². The predicted molar refractivity (Wildman–Crippen MR) is 68.8 cm³/mol. The number of aryl methyl sites for hydroxylation is 2. The third kappa shape index (κ3) is 2.85. The van der Waals surface area contributed by atoms with Crippen LogP contribution in [0.1, 0.15) is 50.5 Å². The molecule has 2 unspecified atom stereocenters. The number of nitrogens with one attached hydrogen (secondary N) is 1. The molecule has 92 valence electrons. The first-order valence-corrected chi connectivity index (χ1v) is 6.34. The highest BCUT2D eigenvalue weighted by Gasteiger charge is 2.21. The maximum atomic E-state index is 4.61. The van der Waals surface area contributed by atoms with Gasteiger partial charge in [-0.2, -0.15) is 5.10 Å². The fourth-order valence-electron chi connectivity index (χ4n) is 2.45. The fraction of sp³-hybridized carbons (Fsp3) is 0.769. The molecule has 0 aliphatic carbocycles. The Morgan fingerprint density at radius 3 is 2.44 bits per heavy atom. The molecule has 1 N–H and O–H groups in total. The van der Waals surface area contributed by atoms with Gasteiger partial charge in [-0.25, -0.2) is 0 Å². The zero-order chi connectivity index (χ0) is 12.1. The Hall–Kier alpha value is -0.830. The maximum absolute atomic E-state index is 4.61. The highest BCUT2D eigenvalue weighted by molar-refractivity contribution is 5.08. The molecule has 1 aromatic rings. The van der Waals surface area contributed by atoms with Crippen LogP contribution in [0.15, 0.2) is 6.07 Å². The van der Waals surface area contributed by atoms with Crippen LogP contribution in [0.4, 0.5) is 0 Å². The summed E-state index contributed by atoms with van der Waals surface area (Å²) in [7, 11) is 2.05. The van der Waals surface area contributed by atoms with E-state index in [4.69, 9.17) is 0 Å². The van der Waals surface area contributed by atoms with E-state index < -0.39 is 0 Å². The van der Waals surface area contributed by atoms with E-state index in [9.17, 15) is 0 Å². The lowest BCUT2D eigenvalue weighted by molar-refractivity contribution is 0.309. The van der Waals surface area contributed by atoms with Crippen LogP contribution in [0.2, 0.25) is 0 Å². The van der Waals surface area contributed by atoms with Gasteiger partial charge in [0.2, 0.25) is 0 Å². The molecular weight excluding hydrogens is 198 g/mol. The van der Waals surface area contributed by atoms with Crippen molar-refractivity contribution in [2.75, 3.05) is 7.05 Å². The summed E-state index contributed by atoms with van der Waals surface area (Å²) in [5.74, 6) is 0.